The van der Waals surface area contributed by atoms with E-state index in [4.69, 9.17) is 4.74 Å². The number of hydrogen-bond donors (Lipinski definition) is 0. The summed E-state index contributed by atoms with van der Waals surface area (Å²) in [5.41, 5.74) is 0. The van der Waals surface area contributed by atoms with E-state index < -0.39 is 0 Å². The Kier molecular flexibility index (Phi) is 3.31. The van der Waals surface area contributed by atoms with Gasteiger partial charge in [-0.15, -0.1) is 0 Å². The second-order valence-electron chi connectivity index (χ2n) is 4.23. The highest BCUT2D eigenvalue weighted by Crippen LogP contribution is 2.26. The highest BCUT2D eigenvalue weighted by Gasteiger charge is 2.35. The van der Waals surface area contributed by atoms with Crippen molar-refractivity contribution >= 4 is 5.97 Å². The van der Waals surface area contributed by atoms with Gasteiger partial charge in [-0.25, -0.2) is 0 Å². The average Bonchev–Trinajstić information content (AvgIpc) is 2.02. The van der Waals surface area contributed by atoms with Crippen LogP contribution in [0.1, 0.15) is 20.3 Å². The fraction of sp³-hybridized carbons (Fsp3) is 0.900. The molecular weight excluding hydrogens is 166 g/mol. The minimum Gasteiger partial charge on any atom is -0.468 e. The quantitative estimate of drug-likeness (QED) is 0.574. The fourth-order valence-electron chi connectivity index (χ4n) is 2.41. The SMILES string of the molecule is COC(=O)C1C(C)CC(C)CN1C. The van der Waals surface area contributed by atoms with Crippen LogP contribution in [0.4, 0.5) is 0 Å². The highest BCUT2D eigenvalue weighted by atomic mass is 16.5. The molecule has 0 N–H and O–H groups in total. The van der Waals surface area contributed by atoms with Crippen molar-refractivity contribution in [1.82, 2.24) is 4.90 Å². The molecule has 0 aliphatic carbocycles. The van der Waals surface area contributed by atoms with Gasteiger partial charge in [0.15, 0.2) is 0 Å². The number of likely N-dealkylation sites (N-methyl/N-ethyl adjacent to an activating group) is 1. The van der Waals surface area contributed by atoms with E-state index in [1.54, 1.807) is 0 Å². The summed E-state index contributed by atoms with van der Waals surface area (Å²) in [5.74, 6) is 0.990. The maximum absolute atomic E-state index is 11.4. The lowest BCUT2D eigenvalue weighted by atomic mass is 9.85. The zero-order chi connectivity index (χ0) is 10.0. The molecule has 0 bridgehead atoms. The van der Waals surface area contributed by atoms with Gasteiger partial charge in [-0.1, -0.05) is 13.8 Å². The number of carbonyl (C=O) groups excluding carboxylic acids is 1. The van der Waals surface area contributed by atoms with E-state index in [1.165, 1.54) is 7.11 Å². The van der Waals surface area contributed by atoms with Crippen molar-refractivity contribution in [2.45, 2.75) is 26.3 Å². The van der Waals surface area contributed by atoms with Crippen molar-refractivity contribution in [3.05, 3.63) is 0 Å². The number of esters is 1. The molecule has 1 heterocycles. The third kappa shape index (κ3) is 2.21. The van der Waals surface area contributed by atoms with Crippen LogP contribution in [0, 0.1) is 11.8 Å². The Hall–Kier alpha value is -0.570. The van der Waals surface area contributed by atoms with Crippen molar-refractivity contribution in [3.8, 4) is 0 Å². The van der Waals surface area contributed by atoms with Gasteiger partial charge >= 0.3 is 5.97 Å². The van der Waals surface area contributed by atoms with Crippen LogP contribution >= 0.6 is 0 Å². The second-order valence-corrected chi connectivity index (χ2v) is 4.23. The average molecular weight is 185 g/mol. The summed E-state index contributed by atoms with van der Waals surface area (Å²) < 4.78 is 4.79. The largest absolute Gasteiger partial charge is 0.468 e. The molecule has 0 saturated carbocycles. The summed E-state index contributed by atoms with van der Waals surface area (Å²) >= 11 is 0. The molecular formula is C10H19NO2. The molecule has 0 spiro atoms. The van der Waals surface area contributed by atoms with Crippen LogP contribution in [0.15, 0.2) is 0 Å². The minimum absolute atomic E-state index is 0.0406. The van der Waals surface area contributed by atoms with Crippen molar-refractivity contribution in [2.24, 2.45) is 11.8 Å². The van der Waals surface area contributed by atoms with E-state index in [0.29, 0.717) is 11.8 Å². The van der Waals surface area contributed by atoms with Gasteiger partial charge < -0.3 is 4.74 Å². The molecule has 3 heteroatoms. The second kappa shape index (κ2) is 4.09. The summed E-state index contributed by atoms with van der Waals surface area (Å²) in [4.78, 5) is 13.5. The lowest BCUT2D eigenvalue weighted by molar-refractivity contribution is -0.150. The van der Waals surface area contributed by atoms with Crippen LogP contribution in [0.5, 0.6) is 0 Å². The van der Waals surface area contributed by atoms with Gasteiger partial charge in [0.25, 0.3) is 0 Å². The number of nitrogens with zero attached hydrogens (tertiary/aromatic N) is 1. The van der Waals surface area contributed by atoms with Crippen LogP contribution in [0.3, 0.4) is 0 Å². The maximum atomic E-state index is 11.4. The normalized spacial score (nSPS) is 35.8. The number of rotatable bonds is 1. The first-order chi connectivity index (χ1) is 6.06. The van der Waals surface area contributed by atoms with Crippen LogP contribution in [0.2, 0.25) is 0 Å². The number of likely N-dealkylation sites (tertiary alicyclic amines) is 1. The summed E-state index contributed by atoms with van der Waals surface area (Å²) in [6.45, 7) is 5.33. The van der Waals surface area contributed by atoms with Gasteiger partial charge in [0.2, 0.25) is 0 Å². The Bertz CT molecular complexity index is 181. The molecule has 0 aromatic heterocycles. The number of carbonyl (C=O) groups is 1. The smallest absolute Gasteiger partial charge is 0.323 e. The van der Waals surface area contributed by atoms with Gasteiger partial charge in [0, 0.05) is 6.54 Å². The molecule has 3 atom stereocenters. The number of hydrogen-bond acceptors (Lipinski definition) is 3. The monoisotopic (exact) mass is 185 g/mol. The van der Waals surface area contributed by atoms with E-state index >= 15 is 0 Å². The Morgan fingerprint density at radius 1 is 1.46 bits per heavy atom. The number of methoxy groups -OCH3 is 1. The molecule has 1 fully saturated rings. The lowest BCUT2D eigenvalue weighted by Crippen LogP contribution is -2.49. The molecule has 1 rings (SSSR count). The third-order valence-electron chi connectivity index (χ3n) is 2.83. The lowest BCUT2D eigenvalue weighted by Gasteiger charge is -2.38. The molecule has 0 aromatic rings. The van der Waals surface area contributed by atoms with Crippen molar-refractivity contribution in [2.75, 3.05) is 20.7 Å². The first-order valence-corrected chi connectivity index (χ1v) is 4.84. The summed E-state index contributed by atoms with van der Waals surface area (Å²) in [5, 5.41) is 0. The van der Waals surface area contributed by atoms with E-state index in [9.17, 15) is 4.79 Å². The molecule has 3 nitrogen and oxygen atoms in total. The molecule has 76 valence electrons. The van der Waals surface area contributed by atoms with E-state index in [-0.39, 0.29) is 12.0 Å². The van der Waals surface area contributed by atoms with Crippen LogP contribution in [-0.2, 0) is 9.53 Å². The van der Waals surface area contributed by atoms with Crippen LogP contribution in [-0.4, -0.2) is 37.6 Å². The molecule has 1 saturated heterocycles. The van der Waals surface area contributed by atoms with Gasteiger partial charge in [-0.05, 0) is 25.3 Å². The van der Waals surface area contributed by atoms with Crippen LogP contribution in [0.25, 0.3) is 0 Å². The van der Waals surface area contributed by atoms with Gasteiger partial charge in [-0.3, -0.25) is 9.69 Å². The van der Waals surface area contributed by atoms with Crippen molar-refractivity contribution < 1.29 is 9.53 Å². The summed E-state index contributed by atoms with van der Waals surface area (Å²) in [6.07, 6.45) is 1.12. The third-order valence-corrected chi connectivity index (χ3v) is 2.83. The molecule has 1 aliphatic rings. The standard InChI is InChI=1S/C10H19NO2/c1-7-5-8(2)9(10(12)13-4)11(3)6-7/h7-9H,5-6H2,1-4H3. The molecule has 3 unspecified atom stereocenters. The Morgan fingerprint density at radius 2 is 2.08 bits per heavy atom. The minimum atomic E-state index is -0.0955. The number of ether oxygens (including phenoxy) is 1. The Labute approximate surface area is 80.1 Å². The van der Waals surface area contributed by atoms with Crippen molar-refractivity contribution in [3.63, 3.8) is 0 Å². The van der Waals surface area contributed by atoms with E-state index in [0.717, 1.165) is 13.0 Å². The Balaban J connectivity index is 2.66. The zero-order valence-electron chi connectivity index (χ0n) is 8.91. The highest BCUT2D eigenvalue weighted by molar-refractivity contribution is 5.76. The molecule has 0 amide bonds. The molecule has 0 aromatic carbocycles. The summed E-state index contributed by atoms with van der Waals surface area (Å²) in [7, 11) is 3.45. The van der Waals surface area contributed by atoms with E-state index in [1.807, 2.05) is 7.05 Å². The topological polar surface area (TPSA) is 29.5 Å². The van der Waals surface area contributed by atoms with Crippen molar-refractivity contribution in [1.29, 1.82) is 0 Å². The fourth-order valence-corrected chi connectivity index (χ4v) is 2.41. The van der Waals surface area contributed by atoms with Gasteiger partial charge in [-0.2, -0.15) is 0 Å². The zero-order valence-corrected chi connectivity index (χ0v) is 8.91. The van der Waals surface area contributed by atoms with E-state index in [2.05, 4.69) is 18.7 Å². The Morgan fingerprint density at radius 3 is 2.54 bits per heavy atom. The first kappa shape index (κ1) is 10.5. The molecule has 0 radical (unpaired) electrons. The molecule has 1 aliphatic heterocycles. The predicted octanol–water partition coefficient (Wildman–Crippen LogP) is 1.14. The predicted molar refractivity (Wildman–Crippen MR) is 51.4 cm³/mol. The van der Waals surface area contributed by atoms with Gasteiger partial charge in [0.05, 0.1) is 7.11 Å². The molecule has 13 heavy (non-hydrogen) atoms. The summed E-state index contributed by atoms with van der Waals surface area (Å²) in [6, 6.07) is -0.0406. The maximum Gasteiger partial charge on any atom is 0.323 e. The first-order valence-electron chi connectivity index (χ1n) is 4.84. The number of piperidine rings is 1. The van der Waals surface area contributed by atoms with Gasteiger partial charge in [0.1, 0.15) is 6.04 Å². The van der Waals surface area contributed by atoms with Crippen LogP contribution < -0.4 is 0 Å².